The topological polar surface area (TPSA) is 117 Å². The Bertz CT molecular complexity index is 684. The molecule has 7 nitrogen and oxygen atoms in total. The van der Waals surface area contributed by atoms with Gasteiger partial charge in [0.15, 0.2) is 0 Å². The number of rotatable bonds is 2. The van der Waals surface area contributed by atoms with Gasteiger partial charge >= 0.3 is 18.0 Å². The molecule has 0 unspecified atom stereocenters. The maximum atomic E-state index is 11.0. The molecular weight excluding hydrogens is 242 g/mol. The van der Waals surface area contributed by atoms with Crippen LogP contribution in [-0.2, 0) is 0 Å². The van der Waals surface area contributed by atoms with Gasteiger partial charge < -0.3 is 15.3 Å². The predicted octanol–water partition coefficient (Wildman–Crippen LogP) is 1.56. The fourth-order valence-electron chi connectivity index (χ4n) is 1.71. The third-order valence-electron chi connectivity index (χ3n) is 2.49. The zero-order chi connectivity index (χ0) is 13.4. The van der Waals surface area contributed by atoms with Gasteiger partial charge in [-0.15, -0.1) is 0 Å². The molecule has 1 aromatic carbocycles. The fourth-order valence-corrected chi connectivity index (χ4v) is 1.71. The van der Waals surface area contributed by atoms with Crippen LogP contribution in [0, 0.1) is 0 Å². The Labute approximate surface area is 99.5 Å². The van der Waals surface area contributed by atoms with Gasteiger partial charge in [-0.1, -0.05) is 0 Å². The largest absolute Gasteiger partial charge is 0.478 e. The van der Waals surface area contributed by atoms with E-state index in [1.54, 1.807) is 0 Å². The summed E-state index contributed by atoms with van der Waals surface area (Å²) in [5.74, 6) is -2.64. The van der Waals surface area contributed by atoms with E-state index in [0.717, 1.165) is 16.7 Å². The number of hydrogen-bond acceptors (Lipinski definition) is 3. The summed E-state index contributed by atoms with van der Waals surface area (Å²) in [7, 11) is 0. The number of hydrogen-bond donors (Lipinski definition) is 3. The summed E-state index contributed by atoms with van der Waals surface area (Å²) in [5.41, 5.74) is -0.495. The highest BCUT2D eigenvalue weighted by atomic mass is 16.4. The van der Waals surface area contributed by atoms with Crippen molar-refractivity contribution in [1.29, 1.82) is 0 Å². The minimum atomic E-state index is -1.32. The van der Waals surface area contributed by atoms with Crippen molar-refractivity contribution in [2.45, 2.75) is 0 Å². The predicted molar refractivity (Wildman–Crippen MR) is 59.3 cm³/mol. The SMILES string of the molecule is O=C(O)c1cc(C(=O)O)c2ccn(C(=O)O)c2c1. The zero-order valence-corrected chi connectivity index (χ0v) is 8.82. The first-order chi connectivity index (χ1) is 8.41. The lowest BCUT2D eigenvalue weighted by Crippen LogP contribution is -2.08. The maximum Gasteiger partial charge on any atom is 0.415 e. The minimum absolute atomic E-state index is 0.0276. The molecule has 0 spiro atoms. The molecular formula is C11H7NO6. The van der Waals surface area contributed by atoms with Gasteiger partial charge in [-0.05, 0) is 18.2 Å². The first-order valence-electron chi connectivity index (χ1n) is 4.77. The molecule has 2 aromatic rings. The second kappa shape index (κ2) is 3.88. The van der Waals surface area contributed by atoms with Crippen molar-refractivity contribution in [2.24, 2.45) is 0 Å². The van der Waals surface area contributed by atoms with Crippen LogP contribution < -0.4 is 0 Å². The number of carboxylic acid groups (broad SMARTS) is 3. The summed E-state index contributed by atoms with van der Waals surface area (Å²) < 4.78 is 0.772. The molecule has 0 aliphatic heterocycles. The molecule has 7 heteroatoms. The number of nitrogens with zero attached hydrogens (tertiary/aromatic N) is 1. The molecule has 0 bridgehead atoms. The molecule has 0 saturated carbocycles. The third kappa shape index (κ3) is 1.67. The van der Waals surface area contributed by atoms with Crippen molar-refractivity contribution < 1.29 is 29.7 Å². The molecule has 3 N–H and O–H groups in total. The number of carbonyl (C=O) groups is 3. The van der Waals surface area contributed by atoms with E-state index in [0.29, 0.717) is 0 Å². The van der Waals surface area contributed by atoms with E-state index in [2.05, 4.69) is 0 Å². The second-order valence-electron chi connectivity index (χ2n) is 3.54. The molecule has 1 heterocycles. The van der Waals surface area contributed by atoms with Crippen molar-refractivity contribution in [3.05, 3.63) is 35.5 Å². The van der Waals surface area contributed by atoms with Crippen LogP contribution in [0.1, 0.15) is 20.7 Å². The summed E-state index contributed by atoms with van der Waals surface area (Å²) in [6, 6.07) is 3.44. The Kier molecular flexibility index (Phi) is 2.51. The highest BCUT2D eigenvalue weighted by Crippen LogP contribution is 2.23. The molecule has 0 atom stereocenters. The van der Waals surface area contributed by atoms with Gasteiger partial charge in [-0.2, -0.15) is 0 Å². The third-order valence-corrected chi connectivity index (χ3v) is 2.49. The van der Waals surface area contributed by atoms with Gasteiger partial charge in [0.25, 0.3) is 0 Å². The Morgan fingerprint density at radius 2 is 1.67 bits per heavy atom. The lowest BCUT2D eigenvalue weighted by atomic mass is 10.1. The molecule has 0 saturated heterocycles. The molecule has 1 aromatic heterocycles. The summed E-state index contributed by atoms with van der Waals surface area (Å²) in [6.07, 6.45) is -0.144. The highest BCUT2D eigenvalue weighted by molar-refractivity contribution is 6.07. The molecule has 92 valence electrons. The van der Waals surface area contributed by atoms with Crippen LogP contribution in [-0.4, -0.2) is 37.9 Å². The number of carboxylic acids is 2. The Balaban J connectivity index is 2.88. The van der Waals surface area contributed by atoms with Gasteiger partial charge in [-0.25, -0.2) is 14.4 Å². The van der Waals surface area contributed by atoms with E-state index in [-0.39, 0.29) is 22.0 Å². The van der Waals surface area contributed by atoms with Gasteiger partial charge in [0.05, 0.1) is 16.6 Å². The number of benzene rings is 1. The Morgan fingerprint density at radius 3 is 2.17 bits per heavy atom. The highest BCUT2D eigenvalue weighted by Gasteiger charge is 2.17. The van der Waals surface area contributed by atoms with Crippen LogP contribution in [0.4, 0.5) is 4.79 Å². The van der Waals surface area contributed by atoms with E-state index < -0.39 is 18.0 Å². The number of aromatic nitrogens is 1. The Morgan fingerprint density at radius 1 is 1.00 bits per heavy atom. The first-order valence-corrected chi connectivity index (χ1v) is 4.77. The van der Waals surface area contributed by atoms with E-state index in [4.69, 9.17) is 15.3 Å². The van der Waals surface area contributed by atoms with Crippen molar-refractivity contribution in [1.82, 2.24) is 4.57 Å². The van der Waals surface area contributed by atoms with Crippen LogP contribution in [0.15, 0.2) is 24.4 Å². The fraction of sp³-hybridized carbons (Fsp3) is 0. The van der Waals surface area contributed by atoms with Crippen LogP contribution >= 0.6 is 0 Å². The van der Waals surface area contributed by atoms with Gasteiger partial charge in [0, 0.05) is 11.6 Å². The average Bonchev–Trinajstić information content (AvgIpc) is 2.70. The zero-order valence-electron chi connectivity index (χ0n) is 8.82. The number of aromatic carboxylic acids is 2. The van der Waals surface area contributed by atoms with Gasteiger partial charge in [-0.3, -0.25) is 4.57 Å². The molecule has 0 amide bonds. The number of fused-ring (bicyclic) bond motifs is 1. The molecule has 0 aliphatic carbocycles. The van der Waals surface area contributed by atoms with E-state index in [9.17, 15) is 14.4 Å². The Hall–Kier alpha value is -2.83. The minimum Gasteiger partial charge on any atom is -0.478 e. The average molecular weight is 249 g/mol. The lowest BCUT2D eigenvalue weighted by Gasteiger charge is -2.03. The van der Waals surface area contributed by atoms with Crippen LogP contribution in [0.5, 0.6) is 0 Å². The molecule has 0 aliphatic rings. The van der Waals surface area contributed by atoms with Gasteiger partial charge in [0.2, 0.25) is 0 Å². The smallest absolute Gasteiger partial charge is 0.415 e. The van der Waals surface area contributed by atoms with Crippen LogP contribution in [0.25, 0.3) is 10.9 Å². The van der Waals surface area contributed by atoms with Crippen molar-refractivity contribution in [2.75, 3.05) is 0 Å². The van der Waals surface area contributed by atoms with E-state index in [1.807, 2.05) is 0 Å². The molecule has 18 heavy (non-hydrogen) atoms. The lowest BCUT2D eigenvalue weighted by molar-refractivity contribution is 0.0696. The van der Waals surface area contributed by atoms with E-state index in [1.165, 1.54) is 12.3 Å². The van der Waals surface area contributed by atoms with Crippen LogP contribution in [0.3, 0.4) is 0 Å². The van der Waals surface area contributed by atoms with Gasteiger partial charge in [0.1, 0.15) is 0 Å². The summed E-state index contributed by atoms with van der Waals surface area (Å²) in [6.45, 7) is 0. The van der Waals surface area contributed by atoms with Crippen molar-refractivity contribution in [3.8, 4) is 0 Å². The molecule has 0 radical (unpaired) electrons. The van der Waals surface area contributed by atoms with Crippen molar-refractivity contribution in [3.63, 3.8) is 0 Å². The monoisotopic (exact) mass is 249 g/mol. The van der Waals surface area contributed by atoms with Crippen LogP contribution in [0.2, 0.25) is 0 Å². The maximum absolute atomic E-state index is 11.0. The summed E-state index contributed by atoms with van der Waals surface area (Å²) in [4.78, 5) is 32.8. The summed E-state index contributed by atoms with van der Waals surface area (Å²) in [5, 5.41) is 26.9. The van der Waals surface area contributed by atoms with Crippen molar-refractivity contribution >= 4 is 28.9 Å². The second-order valence-corrected chi connectivity index (χ2v) is 3.54. The first kappa shape index (κ1) is 11.6. The molecule has 0 fully saturated rings. The normalized spacial score (nSPS) is 10.4. The summed E-state index contributed by atoms with van der Waals surface area (Å²) >= 11 is 0. The van der Waals surface area contributed by atoms with E-state index >= 15 is 0 Å². The molecule has 2 rings (SSSR count). The standard InChI is InChI=1S/C11H7NO6/c13-9(14)5-3-7(10(15)16)6-1-2-12(11(17)18)8(6)4-5/h1-4H,(H,13,14)(H,15,16)(H,17,18). The quantitative estimate of drug-likeness (QED) is 0.743.